The minimum Gasteiger partial charge on any atom is -0.494 e. The zero-order chi connectivity index (χ0) is 19.9. The predicted octanol–water partition coefficient (Wildman–Crippen LogP) is 2.33. The van der Waals surface area contributed by atoms with E-state index in [1.54, 1.807) is 4.90 Å². The molecule has 0 aliphatic carbocycles. The smallest absolute Gasteiger partial charge is 0.241 e. The standard InChI is InChI=1S/C22H32N4O2/c1-3-25(4-2)10-6-12-28-20-9-8-17-14-21(24-16-18(17)13-20)22(27)26-11-5-7-19(26)15-23/h8-9,13,19,21,24H,3-7,10-12,14,16H2,1-2H3/t19-,21+/m1/s1. The van der Waals surface area contributed by atoms with E-state index in [-0.39, 0.29) is 18.0 Å². The summed E-state index contributed by atoms with van der Waals surface area (Å²) in [5.74, 6) is 0.959. The lowest BCUT2D eigenvalue weighted by Gasteiger charge is -2.30. The van der Waals surface area contributed by atoms with Crippen LogP contribution in [0, 0.1) is 11.3 Å². The van der Waals surface area contributed by atoms with Gasteiger partial charge in [0.25, 0.3) is 0 Å². The summed E-state index contributed by atoms with van der Waals surface area (Å²) < 4.78 is 5.93. The molecule has 2 atom stereocenters. The maximum atomic E-state index is 12.8. The van der Waals surface area contributed by atoms with Gasteiger partial charge in [0.15, 0.2) is 0 Å². The molecule has 1 aromatic carbocycles. The molecule has 6 nitrogen and oxygen atoms in total. The highest BCUT2D eigenvalue weighted by Gasteiger charge is 2.34. The quantitative estimate of drug-likeness (QED) is 0.697. The monoisotopic (exact) mass is 384 g/mol. The second-order valence-corrected chi connectivity index (χ2v) is 7.62. The Hall–Kier alpha value is -2.10. The van der Waals surface area contributed by atoms with Crippen molar-refractivity contribution in [3.05, 3.63) is 29.3 Å². The number of benzene rings is 1. The number of nitrogens with zero attached hydrogens (tertiary/aromatic N) is 3. The molecule has 1 saturated heterocycles. The van der Waals surface area contributed by atoms with Gasteiger partial charge in [-0.05, 0) is 62.0 Å². The summed E-state index contributed by atoms with van der Waals surface area (Å²) in [6.45, 7) is 9.65. The first-order chi connectivity index (χ1) is 13.7. The maximum Gasteiger partial charge on any atom is 0.241 e. The van der Waals surface area contributed by atoms with Gasteiger partial charge in [0.05, 0.1) is 18.7 Å². The van der Waals surface area contributed by atoms with Crippen LogP contribution in [-0.4, -0.2) is 60.6 Å². The van der Waals surface area contributed by atoms with E-state index in [1.807, 2.05) is 6.07 Å². The molecule has 0 aromatic heterocycles. The van der Waals surface area contributed by atoms with Crippen molar-refractivity contribution in [1.29, 1.82) is 5.26 Å². The molecule has 6 heteroatoms. The van der Waals surface area contributed by atoms with Gasteiger partial charge in [0.2, 0.25) is 5.91 Å². The Labute approximate surface area is 168 Å². The minimum atomic E-state index is -0.261. The fraction of sp³-hybridized carbons (Fsp3) is 0.636. The molecule has 152 valence electrons. The lowest BCUT2D eigenvalue weighted by atomic mass is 9.94. The average molecular weight is 385 g/mol. The zero-order valence-electron chi connectivity index (χ0n) is 17.1. The third-order valence-corrected chi connectivity index (χ3v) is 5.91. The molecule has 0 spiro atoms. The van der Waals surface area contributed by atoms with Gasteiger partial charge in [0, 0.05) is 19.6 Å². The molecule has 28 heavy (non-hydrogen) atoms. The first kappa shape index (κ1) is 20.6. The molecule has 1 amide bonds. The van der Waals surface area contributed by atoms with E-state index in [1.165, 1.54) is 11.1 Å². The Kier molecular flexibility index (Phi) is 7.30. The molecule has 0 radical (unpaired) electrons. The van der Waals surface area contributed by atoms with Gasteiger partial charge < -0.3 is 19.9 Å². The van der Waals surface area contributed by atoms with Crippen molar-refractivity contribution in [1.82, 2.24) is 15.1 Å². The van der Waals surface area contributed by atoms with Crippen molar-refractivity contribution in [3.8, 4) is 11.8 Å². The molecule has 1 aromatic rings. The topological polar surface area (TPSA) is 68.6 Å². The van der Waals surface area contributed by atoms with Crippen LogP contribution in [0.1, 0.15) is 44.2 Å². The zero-order valence-corrected chi connectivity index (χ0v) is 17.1. The number of carbonyl (C=O) groups excluding carboxylic acids is 1. The number of carbonyl (C=O) groups is 1. The molecule has 2 heterocycles. The highest BCUT2D eigenvalue weighted by atomic mass is 16.5. The molecule has 1 N–H and O–H groups in total. The van der Waals surface area contributed by atoms with E-state index in [2.05, 4.69) is 42.3 Å². The number of hydrogen-bond acceptors (Lipinski definition) is 5. The number of nitriles is 1. The van der Waals surface area contributed by atoms with Crippen LogP contribution < -0.4 is 10.1 Å². The van der Waals surface area contributed by atoms with Crippen LogP contribution in [0.4, 0.5) is 0 Å². The molecule has 1 fully saturated rings. The fourth-order valence-electron chi connectivity index (χ4n) is 4.14. The Balaban J connectivity index is 1.52. The fourth-order valence-corrected chi connectivity index (χ4v) is 4.14. The number of rotatable bonds is 8. The summed E-state index contributed by atoms with van der Waals surface area (Å²) in [5.41, 5.74) is 2.39. The van der Waals surface area contributed by atoms with E-state index in [9.17, 15) is 10.1 Å². The van der Waals surface area contributed by atoms with Gasteiger partial charge in [0.1, 0.15) is 11.8 Å². The van der Waals surface area contributed by atoms with Gasteiger partial charge in [-0.1, -0.05) is 19.9 Å². The lowest BCUT2D eigenvalue weighted by molar-refractivity contribution is -0.133. The molecule has 0 bridgehead atoms. The second kappa shape index (κ2) is 9.90. The van der Waals surface area contributed by atoms with Crippen molar-refractivity contribution in [2.24, 2.45) is 0 Å². The predicted molar refractivity (Wildman–Crippen MR) is 109 cm³/mol. The molecular formula is C22H32N4O2. The maximum absolute atomic E-state index is 12.8. The van der Waals surface area contributed by atoms with Gasteiger partial charge in [-0.25, -0.2) is 0 Å². The van der Waals surface area contributed by atoms with Crippen LogP contribution in [0.15, 0.2) is 18.2 Å². The molecule has 2 aliphatic rings. The number of likely N-dealkylation sites (tertiary alicyclic amines) is 1. The van der Waals surface area contributed by atoms with E-state index in [0.29, 0.717) is 26.1 Å². The largest absolute Gasteiger partial charge is 0.494 e. The van der Waals surface area contributed by atoms with Crippen LogP contribution in [0.2, 0.25) is 0 Å². The average Bonchev–Trinajstić information content (AvgIpc) is 3.21. The van der Waals surface area contributed by atoms with Crippen molar-refractivity contribution >= 4 is 5.91 Å². The van der Waals surface area contributed by atoms with Crippen molar-refractivity contribution in [3.63, 3.8) is 0 Å². The third kappa shape index (κ3) is 4.84. The van der Waals surface area contributed by atoms with Crippen LogP contribution in [-0.2, 0) is 17.8 Å². The summed E-state index contributed by atoms with van der Waals surface area (Å²) in [7, 11) is 0. The molecule has 2 aliphatic heterocycles. The summed E-state index contributed by atoms with van der Waals surface area (Å²) in [6, 6.07) is 7.95. The van der Waals surface area contributed by atoms with Crippen molar-refractivity contribution in [2.45, 2.75) is 58.2 Å². The van der Waals surface area contributed by atoms with Gasteiger partial charge in [-0.3, -0.25) is 4.79 Å². The van der Waals surface area contributed by atoms with E-state index in [0.717, 1.165) is 44.6 Å². The van der Waals surface area contributed by atoms with E-state index in [4.69, 9.17) is 4.74 Å². The first-order valence-electron chi connectivity index (χ1n) is 10.6. The first-order valence-corrected chi connectivity index (χ1v) is 10.6. The summed E-state index contributed by atoms with van der Waals surface area (Å²) in [6.07, 6.45) is 3.40. The highest BCUT2D eigenvalue weighted by molar-refractivity contribution is 5.83. The second-order valence-electron chi connectivity index (χ2n) is 7.62. The molecule has 3 rings (SSSR count). The summed E-state index contributed by atoms with van der Waals surface area (Å²) in [5, 5.41) is 12.6. The normalized spacial score (nSPS) is 21.4. The highest BCUT2D eigenvalue weighted by Crippen LogP contribution is 2.25. The van der Waals surface area contributed by atoms with Crippen LogP contribution >= 0.6 is 0 Å². The Morgan fingerprint density at radius 1 is 1.36 bits per heavy atom. The Bertz CT molecular complexity index is 711. The Morgan fingerprint density at radius 2 is 2.18 bits per heavy atom. The van der Waals surface area contributed by atoms with Crippen LogP contribution in [0.5, 0.6) is 5.75 Å². The Morgan fingerprint density at radius 3 is 2.93 bits per heavy atom. The van der Waals surface area contributed by atoms with Gasteiger partial charge in [-0.15, -0.1) is 0 Å². The van der Waals surface area contributed by atoms with Crippen LogP contribution in [0.3, 0.4) is 0 Å². The molecule has 0 unspecified atom stereocenters. The number of amides is 1. The van der Waals surface area contributed by atoms with E-state index >= 15 is 0 Å². The van der Waals surface area contributed by atoms with Gasteiger partial charge in [-0.2, -0.15) is 5.26 Å². The number of nitrogens with one attached hydrogen (secondary N) is 1. The third-order valence-electron chi connectivity index (χ3n) is 5.91. The summed E-state index contributed by atoms with van der Waals surface area (Å²) >= 11 is 0. The number of fused-ring (bicyclic) bond motifs is 1. The summed E-state index contributed by atoms with van der Waals surface area (Å²) in [4.78, 5) is 17.0. The van der Waals surface area contributed by atoms with E-state index < -0.39 is 0 Å². The minimum absolute atomic E-state index is 0.0615. The number of ether oxygens (including phenoxy) is 1. The number of hydrogen-bond donors (Lipinski definition) is 1. The molecular weight excluding hydrogens is 352 g/mol. The lowest BCUT2D eigenvalue weighted by Crippen LogP contribution is -2.50. The molecule has 0 saturated carbocycles. The van der Waals surface area contributed by atoms with Crippen molar-refractivity contribution in [2.75, 3.05) is 32.8 Å². The SMILES string of the molecule is CCN(CC)CCCOc1ccc2c(c1)CN[C@H](C(=O)N1CCC[C@@H]1C#N)C2. The van der Waals surface area contributed by atoms with Crippen LogP contribution in [0.25, 0.3) is 0 Å². The van der Waals surface area contributed by atoms with Crippen molar-refractivity contribution < 1.29 is 9.53 Å². The van der Waals surface area contributed by atoms with Gasteiger partial charge >= 0.3 is 0 Å².